The van der Waals surface area contributed by atoms with Gasteiger partial charge in [0.25, 0.3) is 5.91 Å². The average molecular weight is 475 g/mol. The Kier molecular flexibility index (Phi) is 5.97. The maximum absolute atomic E-state index is 13.2. The van der Waals surface area contributed by atoms with Crippen molar-refractivity contribution in [3.8, 4) is 11.1 Å². The molecule has 2 aromatic carbocycles. The van der Waals surface area contributed by atoms with Gasteiger partial charge in [0.1, 0.15) is 0 Å². The molecule has 4 saturated heterocycles. The Hall–Kier alpha value is -2.54. The lowest BCUT2D eigenvalue weighted by Crippen LogP contribution is -2.47. The predicted octanol–water partition coefficient (Wildman–Crippen LogP) is 4.96. The highest BCUT2D eigenvalue weighted by Crippen LogP contribution is 2.38. The van der Waals surface area contributed by atoms with Gasteiger partial charge in [0.15, 0.2) is 5.78 Å². The van der Waals surface area contributed by atoms with Gasteiger partial charge in [-0.2, -0.15) is 0 Å². The van der Waals surface area contributed by atoms with Crippen LogP contribution in [0.4, 0.5) is 0 Å². The van der Waals surface area contributed by atoms with E-state index in [1.807, 2.05) is 29.2 Å². The first-order valence-electron chi connectivity index (χ1n) is 12.4. The van der Waals surface area contributed by atoms with Crippen LogP contribution in [0.5, 0.6) is 0 Å². The van der Waals surface area contributed by atoms with E-state index in [0.717, 1.165) is 38.6 Å². The Morgan fingerprint density at radius 3 is 2.44 bits per heavy atom. The summed E-state index contributed by atoms with van der Waals surface area (Å²) in [6.45, 7) is 5.99. The van der Waals surface area contributed by atoms with Crippen molar-refractivity contribution in [3.63, 3.8) is 0 Å². The van der Waals surface area contributed by atoms with Crippen molar-refractivity contribution < 1.29 is 14.3 Å². The Labute approximate surface area is 204 Å². The van der Waals surface area contributed by atoms with Crippen LogP contribution in [0.1, 0.15) is 39.3 Å². The van der Waals surface area contributed by atoms with E-state index in [1.165, 1.54) is 25.9 Å². The zero-order valence-electron chi connectivity index (χ0n) is 19.4. The molecular weight excluding hydrogens is 444 g/mol. The minimum Gasteiger partial charge on any atom is -0.378 e. The molecule has 0 unspecified atom stereocenters. The molecule has 7 rings (SSSR count). The molecular formula is C28H30N2O3S. The number of rotatable bonds is 5. The number of thiophene rings is 1. The number of ketones is 1. The highest BCUT2D eigenvalue weighted by Gasteiger charge is 2.35. The van der Waals surface area contributed by atoms with E-state index in [1.54, 1.807) is 11.3 Å². The molecule has 1 amide bonds. The predicted molar refractivity (Wildman–Crippen MR) is 136 cm³/mol. The molecule has 34 heavy (non-hydrogen) atoms. The second kappa shape index (κ2) is 9.25. The normalized spacial score (nSPS) is 24.5. The molecule has 2 bridgehead atoms. The maximum atomic E-state index is 13.2. The number of benzene rings is 2. The lowest BCUT2D eigenvalue weighted by molar-refractivity contribution is 0.0303. The fourth-order valence-corrected chi connectivity index (χ4v) is 6.97. The van der Waals surface area contributed by atoms with Crippen LogP contribution < -0.4 is 0 Å². The van der Waals surface area contributed by atoms with Crippen molar-refractivity contribution in [1.29, 1.82) is 0 Å². The van der Waals surface area contributed by atoms with Gasteiger partial charge < -0.3 is 14.5 Å². The van der Waals surface area contributed by atoms with Crippen LogP contribution in [0.15, 0.2) is 48.5 Å². The standard InChI is InChI=1S/C28H30N2O3S/c31-25(16-23-18-29-10-8-19(23)9-11-29)26-17-22-2-1-3-24(27(22)34-26)20-4-6-21(7-5-20)28(32)30-12-14-33-15-13-30/h1-7,17,19,23H,8-16,18H2/t23-/m0/s1. The summed E-state index contributed by atoms with van der Waals surface area (Å²) >= 11 is 1.62. The Morgan fingerprint density at radius 1 is 0.971 bits per heavy atom. The third-order valence-electron chi connectivity index (χ3n) is 7.80. The molecule has 0 saturated carbocycles. The van der Waals surface area contributed by atoms with Gasteiger partial charge in [0.2, 0.25) is 0 Å². The van der Waals surface area contributed by atoms with E-state index in [-0.39, 0.29) is 11.7 Å². The minimum atomic E-state index is 0.0600. The monoisotopic (exact) mass is 474 g/mol. The molecule has 6 heteroatoms. The Morgan fingerprint density at radius 2 is 1.74 bits per heavy atom. The number of amides is 1. The fourth-order valence-electron chi connectivity index (χ4n) is 5.83. The molecule has 5 heterocycles. The number of piperidine rings is 3. The van der Waals surface area contributed by atoms with Crippen LogP contribution in [-0.2, 0) is 4.74 Å². The van der Waals surface area contributed by atoms with Crippen molar-refractivity contribution in [2.45, 2.75) is 19.3 Å². The summed E-state index contributed by atoms with van der Waals surface area (Å²) < 4.78 is 6.50. The average Bonchev–Trinajstić information content (AvgIpc) is 3.35. The highest BCUT2D eigenvalue weighted by atomic mass is 32.1. The summed E-state index contributed by atoms with van der Waals surface area (Å²) in [5, 5.41) is 1.12. The third-order valence-corrected chi connectivity index (χ3v) is 9.02. The van der Waals surface area contributed by atoms with E-state index in [2.05, 4.69) is 29.2 Å². The van der Waals surface area contributed by atoms with E-state index in [4.69, 9.17) is 4.74 Å². The van der Waals surface area contributed by atoms with Crippen LogP contribution in [-0.4, -0.2) is 67.4 Å². The molecule has 5 nitrogen and oxygen atoms in total. The summed E-state index contributed by atoms with van der Waals surface area (Å²) in [6, 6.07) is 16.2. The number of morpholine rings is 1. The smallest absolute Gasteiger partial charge is 0.254 e. The van der Waals surface area contributed by atoms with E-state index < -0.39 is 0 Å². The largest absolute Gasteiger partial charge is 0.378 e. The van der Waals surface area contributed by atoms with E-state index in [9.17, 15) is 9.59 Å². The number of hydrogen-bond acceptors (Lipinski definition) is 5. The van der Waals surface area contributed by atoms with Crippen LogP contribution in [0, 0.1) is 11.8 Å². The minimum absolute atomic E-state index is 0.0600. The van der Waals surface area contributed by atoms with Crippen molar-refractivity contribution >= 4 is 33.1 Å². The highest BCUT2D eigenvalue weighted by molar-refractivity contribution is 7.21. The van der Waals surface area contributed by atoms with Crippen molar-refractivity contribution in [3.05, 3.63) is 59.0 Å². The summed E-state index contributed by atoms with van der Waals surface area (Å²) in [5.74, 6) is 1.58. The summed E-state index contributed by atoms with van der Waals surface area (Å²) in [4.78, 5) is 31.2. The first kappa shape index (κ1) is 22.0. The van der Waals surface area contributed by atoms with Crippen molar-refractivity contribution in [2.75, 3.05) is 45.9 Å². The van der Waals surface area contributed by atoms with Crippen LogP contribution in [0.25, 0.3) is 21.2 Å². The number of fused-ring (bicyclic) bond motifs is 4. The number of carbonyl (C=O) groups is 2. The molecule has 0 N–H and O–H groups in total. The van der Waals surface area contributed by atoms with E-state index >= 15 is 0 Å². The first-order valence-corrected chi connectivity index (χ1v) is 13.2. The molecule has 4 fully saturated rings. The summed E-state index contributed by atoms with van der Waals surface area (Å²) in [7, 11) is 0. The summed E-state index contributed by atoms with van der Waals surface area (Å²) in [6.07, 6.45) is 3.17. The van der Waals surface area contributed by atoms with Crippen molar-refractivity contribution in [2.24, 2.45) is 11.8 Å². The van der Waals surface area contributed by atoms with Gasteiger partial charge in [0.05, 0.1) is 18.1 Å². The number of ether oxygens (including phenoxy) is 1. The van der Waals surface area contributed by atoms with Gasteiger partial charge >= 0.3 is 0 Å². The van der Waals surface area contributed by atoms with Crippen LogP contribution >= 0.6 is 11.3 Å². The lowest BCUT2D eigenvalue weighted by Gasteiger charge is -2.44. The van der Waals surface area contributed by atoms with Gasteiger partial charge in [-0.3, -0.25) is 9.59 Å². The zero-order chi connectivity index (χ0) is 23.1. The number of nitrogens with zero attached hydrogens (tertiary/aromatic N) is 2. The third kappa shape index (κ3) is 4.19. The van der Waals surface area contributed by atoms with Crippen LogP contribution in [0.3, 0.4) is 0 Å². The van der Waals surface area contributed by atoms with Crippen LogP contribution in [0.2, 0.25) is 0 Å². The second-order valence-electron chi connectivity index (χ2n) is 9.84. The van der Waals surface area contributed by atoms with Gasteiger partial charge in [0, 0.05) is 36.3 Å². The molecule has 1 atom stereocenters. The van der Waals surface area contributed by atoms with Gasteiger partial charge in [-0.25, -0.2) is 0 Å². The van der Waals surface area contributed by atoms with Gasteiger partial charge in [-0.05, 0) is 72.5 Å². The molecule has 4 aliphatic rings. The van der Waals surface area contributed by atoms with Gasteiger partial charge in [-0.15, -0.1) is 11.3 Å². The number of Topliss-reactive ketones (excluding diaryl/α,β-unsaturated/α-hetero) is 1. The maximum Gasteiger partial charge on any atom is 0.254 e. The lowest BCUT2D eigenvalue weighted by atomic mass is 9.76. The summed E-state index contributed by atoms with van der Waals surface area (Å²) in [5.41, 5.74) is 2.90. The molecule has 176 valence electrons. The van der Waals surface area contributed by atoms with Gasteiger partial charge in [-0.1, -0.05) is 30.3 Å². The quantitative estimate of drug-likeness (QED) is 0.491. The van der Waals surface area contributed by atoms with Crippen molar-refractivity contribution in [1.82, 2.24) is 9.80 Å². The number of carbonyl (C=O) groups excluding carboxylic acids is 2. The molecule has 0 spiro atoms. The molecule has 0 aliphatic carbocycles. The Bertz CT molecular complexity index is 1200. The second-order valence-corrected chi connectivity index (χ2v) is 10.9. The molecule has 3 aromatic rings. The molecule has 1 aromatic heterocycles. The Balaban J connectivity index is 1.22. The SMILES string of the molecule is O=C(C[C@H]1CN2CCC1CC2)c1cc2cccc(-c3ccc(C(=O)N4CCOCC4)cc3)c2s1. The first-order chi connectivity index (χ1) is 16.7. The zero-order valence-corrected chi connectivity index (χ0v) is 20.2. The number of hydrogen-bond donors (Lipinski definition) is 0. The molecule has 0 radical (unpaired) electrons. The molecule has 4 aliphatic heterocycles. The topological polar surface area (TPSA) is 49.9 Å². The van der Waals surface area contributed by atoms with E-state index in [0.29, 0.717) is 44.2 Å². The fraction of sp³-hybridized carbons (Fsp3) is 0.429.